The standard InChI is InChI=1S/C18H23N2O/c1-19(2)16-10-6-14(7-11-16)18(21-5)15-8-12-17(13-9-15)20(3)4/h6-13H,1-5H3/q+1. The number of anilines is 1. The molecule has 3 nitrogen and oxygen atoms in total. The minimum absolute atomic E-state index is 0.894. The number of hydrogen-bond acceptors (Lipinski definition) is 2. The predicted octanol–water partition coefficient (Wildman–Crippen LogP) is 2.95. The van der Waals surface area contributed by atoms with Gasteiger partial charge in [0, 0.05) is 43.1 Å². The van der Waals surface area contributed by atoms with Crippen LogP contribution in [0.2, 0.25) is 0 Å². The van der Waals surface area contributed by atoms with Crippen LogP contribution in [-0.2, 0) is 4.74 Å². The van der Waals surface area contributed by atoms with Gasteiger partial charge < -0.3 is 9.64 Å². The second-order valence-electron chi connectivity index (χ2n) is 5.42. The van der Waals surface area contributed by atoms with Crippen LogP contribution < -0.4 is 4.90 Å². The van der Waals surface area contributed by atoms with Crippen molar-refractivity contribution < 1.29 is 9.31 Å². The van der Waals surface area contributed by atoms with E-state index in [4.69, 9.17) is 4.74 Å². The van der Waals surface area contributed by atoms with Crippen molar-refractivity contribution in [2.75, 3.05) is 40.2 Å². The first kappa shape index (κ1) is 15.1. The molecular weight excluding hydrogens is 260 g/mol. The molecule has 0 bridgehead atoms. The van der Waals surface area contributed by atoms with Crippen molar-refractivity contribution in [1.82, 2.24) is 0 Å². The zero-order valence-corrected chi connectivity index (χ0v) is 13.4. The lowest BCUT2D eigenvalue weighted by Gasteiger charge is -2.15. The normalized spacial score (nSPS) is 13.4. The molecule has 0 unspecified atom stereocenters. The molecule has 0 atom stereocenters. The Hall–Kier alpha value is -2.29. The number of benzene rings is 1. The van der Waals surface area contributed by atoms with Gasteiger partial charge in [-0.15, -0.1) is 0 Å². The number of ether oxygens (including phenoxy) is 1. The molecule has 1 aliphatic rings. The summed E-state index contributed by atoms with van der Waals surface area (Å²) < 4.78 is 7.70. The van der Waals surface area contributed by atoms with Crippen LogP contribution in [0.15, 0.2) is 54.1 Å². The Balaban J connectivity index is 2.36. The summed E-state index contributed by atoms with van der Waals surface area (Å²) in [4.78, 5) is 2.09. The van der Waals surface area contributed by atoms with E-state index in [0.29, 0.717) is 0 Å². The maximum absolute atomic E-state index is 5.61. The van der Waals surface area contributed by atoms with E-state index in [2.05, 4.69) is 58.0 Å². The van der Waals surface area contributed by atoms with Gasteiger partial charge in [-0.25, -0.2) is 4.58 Å². The van der Waals surface area contributed by atoms with Crippen LogP contribution >= 0.6 is 0 Å². The van der Waals surface area contributed by atoms with Gasteiger partial charge in [0.15, 0.2) is 5.71 Å². The average Bonchev–Trinajstić information content (AvgIpc) is 2.49. The molecule has 110 valence electrons. The summed E-state index contributed by atoms with van der Waals surface area (Å²) in [6.45, 7) is 0. The first-order valence-electron chi connectivity index (χ1n) is 6.99. The van der Waals surface area contributed by atoms with Gasteiger partial charge in [-0.2, -0.15) is 0 Å². The fourth-order valence-electron chi connectivity index (χ4n) is 2.22. The van der Waals surface area contributed by atoms with E-state index in [-0.39, 0.29) is 0 Å². The van der Waals surface area contributed by atoms with Gasteiger partial charge in [0.2, 0.25) is 0 Å². The summed E-state index contributed by atoms with van der Waals surface area (Å²) >= 11 is 0. The Morgan fingerprint density at radius 1 is 0.952 bits per heavy atom. The number of hydrogen-bond donors (Lipinski definition) is 0. The highest BCUT2D eigenvalue weighted by atomic mass is 16.5. The highest BCUT2D eigenvalue weighted by Crippen LogP contribution is 2.25. The third-order valence-corrected chi connectivity index (χ3v) is 3.50. The lowest BCUT2D eigenvalue weighted by Crippen LogP contribution is -2.10. The van der Waals surface area contributed by atoms with Crippen molar-refractivity contribution in [1.29, 1.82) is 0 Å². The second kappa shape index (κ2) is 6.44. The van der Waals surface area contributed by atoms with E-state index in [1.165, 1.54) is 11.4 Å². The Morgan fingerprint density at radius 3 is 1.95 bits per heavy atom. The summed E-state index contributed by atoms with van der Waals surface area (Å²) in [5.74, 6) is 0.894. The molecule has 0 saturated heterocycles. The van der Waals surface area contributed by atoms with Gasteiger partial charge >= 0.3 is 0 Å². The van der Waals surface area contributed by atoms with Crippen molar-refractivity contribution in [2.24, 2.45) is 0 Å². The lowest BCUT2D eigenvalue weighted by molar-refractivity contribution is -0.462. The first-order valence-corrected chi connectivity index (χ1v) is 6.99. The van der Waals surface area contributed by atoms with E-state index < -0.39 is 0 Å². The zero-order valence-electron chi connectivity index (χ0n) is 13.4. The maximum atomic E-state index is 5.61. The van der Waals surface area contributed by atoms with E-state index in [9.17, 15) is 0 Å². The van der Waals surface area contributed by atoms with Gasteiger partial charge in [-0.05, 0) is 36.4 Å². The largest absolute Gasteiger partial charge is 0.496 e. The van der Waals surface area contributed by atoms with Crippen LogP contribution in [0.1, 0.15) is 5.56 Å². The molecule has 3 heteroatoms. The van der Waals surface area contributed by atoms with Crippen LogP contribution in [0.4, 0.5) is 5.69 Å². The third-order valence-electron chi connectivity index (χ3n) is 3.50. The van der Waals surface area contributed by atoms with Crippen LogP contribution in [-0.4, -0.2) is 45.6 Å². The number of allylic oxidation sites excluding steroid dienone is 5. The molecule has 0 aromatic heterocycles. The molecule has 0 amide bonds. The molecular formula is C18H23N2O+. The fraction of sp³-hybridized carbons (Fsp3) is 0.278. The van der Waals surface area contributed by atoms with E-state index in [1.807, 2.05) is 28.2 Å². The number of nitrogens with zero attached hydrogens (tertiary/aromatic N) is 2. The minimum atomic E-state index is 0.894. The minimum Gasteiger partial charge on any atom is -0.496 e. The Labute approximate surface area is 127 Å². The Bertz CT molecular complexity index is 610. The molecule has 0 aliphatic heterocycles. The summed E-state index contributed by atoms with van der Waals surface area (Å²) in [6, 6.07) is 8.38. The monoisotopic (exact) mass is 283 g/mol. The molecule has 21 heavy (non-hydrogen) atoms. The smallest absolute Gasteiger partial charge is 0.199 e. The molecule has 0 radical (unpaired) electrons. The first-order chi connectivity index (χ1) is 10.0. The Kier molecular flexibility index (Phi) is 4.63. The van der Waals surface area contributed by atoms with Crippen molar-refractivity contribution in [2.45, 2.75) is 0 Å². The van der Waals surface area contributed by atoms with Gasteiger partial charge in [-0.1, -0.05) is 0 Å². The molecule has 0 N–H and O–H groups in total. The van der Waals surface area contributed by atoms with Gasteiger partial charge in [0.25, 0.3) is 0 Å². The van der Waals surface area contributed by atoms with Crippen LogP contribution in [0.3, 0.4) is 0 Å². The zero-order chi connectivity index (χ0) is 15.4. The van der Waals surface area contributed by atoms with Crippen LogP contribution in [0, 0.1) is 0 Å². The molecule has 0 fully saturated rings. The van der Waals surface area contributed by atoms with Crippen molar-refractivity contribution in [3.63, 3.8) is 0 Å². The number of methoxy groups -OCH3 is 1. The van der Waals surface area contributed by atoms with Gasteiger partial charge in [0.1, 0.15) is 19.9 Å². The molecule has 1 aromatic rings. The summed E-state index contributed by atoms with van der Waals surface area (Å²) in [5, 5.41) is 0. The second-order valence-corrected chi connectivity index (χ2v) is 5.42. The van der Waals surface area contributed by atoms with Crippen molar-refractivity contribution >= 4 is 17.2 Å². The van der Waals surface area contributed by atoms with Crippen molar-refractivity contribution in [3.8, 4) is 0 Å². The molecule has 1 aliphatic carbocycles. The van der Waals surface area contributed by atoms with Gasteiger partial charge in [-0.3, -0.25) is 0 Å². The summed E-state index contributed by atoms with van der Waals surface area (Å²) in [5.41, 5.74) is 4.52. The van der Waals surface area contributed by atoms with E-state index in [1.54, 1.807) is 7.11 Å². The number of rotatable bonds is 3. The average molecular weight is 283 g/mol. The topological polar surface area (TPSA) is 15.5 Å². The quantitative estimate of drug-likeness (QED) is 0.626. The molecule has 0 heterocycles. The lowest BCUT2D eigenvalue weighted by atomic mass is 10.0. The van der Waals surface area contributed by atoms with E-state index in [0.717, 1.165) is 16.9 Å². The van der Waals surface area contributed by atoms with Gasteiger partial charge in [0.05, 0.1) is 7.11 Å². The summed E-state index contributed by atoms with van der Waals surface area (Å²) in [7, 11) is 9.87. The molecule has 0 saturated carbocycles. The highest BCUT2D eigenvalue weighted by molar-refractivity contribution is 6.03. The SMILES string of the molecule is COC(=C1C=CC(=[N+](C)C)C=C1)c1ccc(N(C)C)cc1. The third kappa shape index (κ3) is 3.43. The maximum Gasteiger partial charge on any atom is 0.199 e. The predicted molar refractivity (Wildman–Crippen MR) is 90.1 cm³/mol. The fourth-order valence-corrected chi connectivity index (χ4v) is 2.22. The molecule has 1 aromatic carbocycles. The highest BCUT2D eigenvalue weighted by Gasteiger charge is 2.11. The van der Waals surface area contributed by atoms with E-state index >= 15 is 0 Å². The molecule has 2 rings (SSSR count). The molecule has 0 spiro atoms. The van der Waals surface area contributed by atoms with Crippen LogP contribution in [0.5, 0.6) is 0 Å². The van der Waals surface area contributed by atoms with Crippen molar-refractivity contribution in [3.05, 3.63) is 59.7 Å². The Morgan fingerprint density at radius 2 is 1.52 bits per heavy atom. The summed E-state index contributed by atoms with van der Waals surface area (Å²) in [6.07, 6.45) is 8.38. The van der Waals surface area contributed by atoms with Crippen LogP contribution in [0.25, 0.3) is 5.76 Å².